The Hall–Kier alpha value is -0.553. The summed E-state index contributed by atoms with van der Waals surface area (Å²) in [6.45, 7) is 1.66. The fraction of sp³-hybridized carbons (Fsp3) is 0.875. The van der Waals surface area contributed by atoms with Gasteiger partial charge in [0, 0.05) is 13.2 Å². The number of carbonyl (C=O) groups is 1. The number of hydrogen-bond donors (Lipinski definition) is 2. The smallest absolute Gasteiger partial charge is 0.312 e. The molecule has 0 aromatic rings. The van der Waals surface area contributed by atoms with Crippen LogP contribution in [0.2, 0.25) is 12.1 Å². The van der Waals surface area contributed by atoms with Crippen molar-refractivity contribution in [2.45, 2.75) is 31.4 Å². The number of nitrogens with one attached hydrogen (secondary N) is 1. The topological polar surface area (TPSA) is 64.4 Å². The molecule has 0 saturated carbocycles. The number of rotatable bonds is 4. The molecule has 4 nitrogen and oxygen atoms in total. The Kier molecular flexibility index (Phi) is 4.85. The lowest BCUT2D eigenvalue weighted by Gasteiger charge is -2.20. The molecule has 3 N–H and O–H groups in total. The summed E-state index contributed by atoms with van der Waals surface area (Å²) in [6, 6.07) is 2.04. The molecule has 0 bridgehead atoms. The molecule has 5 heteroatoms. The molecule has 0 aliphatic carbocycles. The van der Waals surface area contributed by atoms with Gasteiger partial charge in [-0.25, -0.2) is 4.79 Å². The molecule has 1 unspecified atom stereocenters. The van der Waals surface area contributed by atoms with Gasteiger partial charge in [0.2, 0.25) is 0 Å². The molecule has 2 amide bonds. The Bertz CT molecular complexity index is 160. The maximum Gasteiger partial charge on any atom is 0.312 e. The molecule has 1 aliphatic heterocycles. The van der Waals surface area contributed by atoms with Crippen LogP contribution in [0.25, 0.3) is 0 Å². The Labute approximate surface area is 80.6 Å². The van der Waals surface area contributed by atoms with Crippen molar-refractivity contribution in [1.29, 1.82) is 0 Å². The average Bonchev–Trinajstić information content (AvgIpc) is 2.14. The van der Waals surface area contributed by atoms with Gasteiger partial charge in [0.15, 0.2) is 9.04 Å². The van der Waals surface area contributed by atoms with E-state index in [2.05, 4.69) is 5.32 Å². The molecule has 0 aromatic heterocycles. The normalized spacial score (nSPS) is 22.6. The molecule has 1 atom stereocenters. The molecular formula is C8H18N2O2Si. The van der Waals surface area contributed by atoms with Crippen molar-refractivity contribution < 1.29 is 9.22 Å². The van der Waals surface area contributed by atoms with Crippen LogP contribution < -0.4 is 11.1 Å². The third-order valence-corrected chi connectivity index (χ3v) is 5.09. The van der Waals surface area contributed by atoms with Gasteiger partial charge in [-0.2, -0.15) is 0 Å². The van der Waals surface area contributed by atoms with Crippen molar-refractivity contribution in [2.75, 3.05) is 13.2 Å². The number of primary amides is 1. The SMILES string of the molecule is NC(=O)NCCC[SiH]1CCCCO1. The highest BCUT2D eigenvalue weighted by molar-refractivity contribution is 6.51. The van der Waals surface area contributed by atoms with Crippen molar-refractivity contribution in [3.05, 3.63) is 0 Å². The highest BCUT2D eigenvalue weighted by atomic mass is 28.3. The van der Waals surface area contributed by atoms with Gasteiger partial charge in [0.1, 0.15) is 0 Å². The first-order valence-electron chi connectivity index (χ1n) is 4.94. The third kappa shape index (κ3) is 4.89. The molecule has 76 valence electrons. The van der Waals surface area contributed by atoms with Crippen LogP contribution in [0.1, 0.15) is 19.3 Å². The summed E-state index contributed by atoms with van der Waals surface area (Å²) >= 11 is 0. The van der Waals surface area contributed by atoms with E-state index in [0.29, 0.717) is 6.54 Å². The predicted molar refractivity (Wildman–Crippen MR) is 54.2 cm³/mol. The van der Waals surface area contributed by atoms with Crippen LogP contribution in [0.5, 0.6) is 0 Å². The van der Waals surface area contributed by atoms with Crippen molar-refractivity contribution in [3.8, 4) is 0 Å². The summed E-state index contributed by atoms with van der Waals surface area (Å²) < 4.78 is 5.68. The van der Waals surface area contributed by atoms with E-state index in [9.17, 15) is 4.79 Å². The molecule has 1 saturated heterocycles. The van der Waals surface area contributed by atoms with Crippen LogP contribution in [0, 0.1) is 0 Å². The van der Waals surface area contributed by atoms with E-state index in [1.54, 1.807) is 0 Å². The zero-order chi connectivity index (χ0) is 9.52. The van der Waals surface area contributed by atoms with E-state index in [4.69, 9.17) is 10.2 Å². The lowest BCUT2D eigenvalue weighted by atomic mass is 10.4. The van der Waals surface area contributed by atoms with Crippen LogP contribution in [0.15, 0.2) is 0 Å². The first-order valence-corrected chi connectivity index (χ1v) is 7.04. The minimum Gasteiger partial charge on any atom is -0.420 e. The maximum atomic E-state index is 10.3. The van der Waals surface area contributed by atoms with Crippen LogP contribution in [0.4, 0.5) is 4.79 Å². The van der Waals surface area contributed by atoms with Crippen molar-refractivity contribution >= 4 is 15.1 Å². The molecule has 0 aromatic carbocycles. The van der Waals surface area contributed by atoms with Gasteiger partial charge in [0.05, 0.1) is 0 Å². The Morgan fingerprint density at radius 2 is 2.38 bits per heavy atom. The number of urea groups is 1. The number of carbonyl (C=O) groups excluding carboxylic acids is 1. The molecule has 1 fully saturated rings. The third-order valence-electron chi connectivity index (χ3n) is 2.28. The number of hydrogen-bond acceptors (Lipinski definition) is 2. The van der Waals surface area contributed by atoms with Gasteiger partial charge >= 0.3 is 6.03 Å². The second kappa shape index (κ2) is 5.99. The van der Waals surface area contributed by atoms with E-state index in [1.807, 2.05) is 0 Å². The van der Waals surface area contributed by atoms with E-state index in [0.717, 1.165) is 13.0 Å². The molecular weight excluding hydrogens is 184 g/mol. The van der Waals surface area contributed by atoms with E-state index in [-0.39, 0.29) is 0 Å². The summed E-state index contributed by atoms with van der Waals surface area (Å²) in [6.07, 6.45) is 3.57. The van der Waals surface area contributed by atoms with Crippen LogP contribution in [-0.4, -0.2) is 28.2 Å². The van der Waals surface area contributed by atoms with Gasteiger partial charge in [-0.05, 0) is 24.9 Å². The first kappa shape index (κ1) is 10.5. The minimum absolute atomic E-state index is 0.425. The lowest BCUT2D eigenvalue weighted by molar-refractivity contribution is 0.248. The van der Waals surface area contributed by atoms with Crippen LogP contribution >= 0.6 is 0 Å². The zero-order valence-corrected chi connectivity index (χ0v) is 9.08. The molecule has 1 rings (SSSR count). The lowest BCUT2D eigenvalue weighted by Crippen LogP contribution is -2.31. The summed E-state index contributed by atoms with van der Waals surface area (Å²) in [4.78, 5) is 10.3. The van der Waals surface area contributed by atoms with E-state index >= 15 is 0 Å². The molecule has 0 spiro atoms. The summed E-state index contributed by atoms with van der Waals surface area (Å²) in [5.74, 6) is 0. The van der Waals surface area contributed by atoms with Crippen molar-refractivity contribution in [2.24, 2.45) is 5.73 Å². The Balaban J connectivity index is 1.95. The standard InChI is InChI=1S/C8H18N2O2Si/c9-8(11)10-4-3-7-13-6-2-1-5-12-13/h13H,1-7H2,(H3,9,10,11). The molecule has 1 heterocycles. The van der Waals surface area contributed by atoms with Crippen molar-refractivity contribution in [1.82, 2.24) is 5.32 Å². The fourth-order valence-electron chi connectivity index (χ4n) is 1.58. The quantitative estimate of drug-likeness (QED) is 0.517. The van der Waals surface area contributed by atoms with Crippen molar-refractivity contribution in [3.63, 3.8) is 0 Å². The average molecular weight is 202 g/mol. The number of amides is 2. The largest absolute Gasteiger partial charge is 0.420 e. The summed E-state index contributed by atoms with van der Waals surface area (Å²) in [5, 5.41) is 2.59. The highest BCUT2D eigenvalue weighted by Gasteiger charge is 2.15. The Morgan fingerprint density at radius 3 is 3.00 bits per heavy atom. The predicted octanol–water partition coefficient (Wildman–Crippen LogP) is 0.579. The van der Waals surface area contributed by atoms with Gasteiger partial charge in [-0.3, -0.25) is 0 Å². The van der Waals surface area contributed by atoms with Gasteiger partial charge in [-0.1, -0.05) is 6.42 Å². The maximum absolute atomic E-state index is 10.3. The minimum atomic E-state index is -0.881. The van der Waals surface area contributed by atoms with Crippen LogP contribution in [-0.2, 0) is 4.43 Å². The van der Waals surface area contributed by atoms with Gasteiger partial charge in [-0.15, -0.1) is 0 Å². The van der Waals surface area contributed by atoms with E-state index < -0.39 is 15.1 Å². The first-order chi connectivity index (χ1) is 6.29. The molecule has 0 radical (unpaired) electrons. The fourth-order valence-corrected chi connectivity index (χ4v) is 4.10. The second-order valence-corrected chi connectivity index (χ2v) is 6.15. The van der Waals surface area contributed by atoms with E-state index in [1.165, 1.54) is 24.9 Å². The second-order valence-electron chi connectivity index (χ2n) is 3.42. The summed E-state index contributed by atoms with van der Waals surface area (Å²) in [7, 11) is -0.881. The zero-order valence-electron chi connectivity index (χ0n) is 7.92. The van der Waals surface area contributed by atoms with Gasteiger partial charge in [0.25, 0.3) is 0 Å². The molecule has 1 aliphatic rings. The van der Waals surface area contributed by atoms with Crippen LogP contribution in [0.3, 0.4) is 0 Å². The van der Waals surface area contributed by atoms with Gasteiger partial charge < -0.3 is 15.5 Å². The monoisotopic (exact) mass is 202 g/mol. The highest BCUT2D eigenvalue weighted by Crippen LogP contribution is 2.14. The molecule has 13 heavy (non-hydrogen) atoms. The number of nitrogens with two attached hydrogens (primary N) is 1. The summed E-state index contributed by atoms with van der Waals surface area (Å²) in [5.41, 5.74) is 4.94. The Morgan fingerprint density at radius 1 is 1.54 bits per heavy atom.